The minimum atomic E-state index is -2.78. The molecule has 1 unspecified atom stereocenters. The first kappa shape index (κ1) is 22.6. The van der Waals surface area contributed by atoms with Gasteiger partial charge in [-0.1, -0.05) is 11.6 Å². The van der Waals surface area contributed by atoms with Crippen LogP contribution in [-0.4, -0.2) is 69.8 Å². The monoisotopic (exact) mass is 447 g/mol. The van der Waals surface area contributed by atoms with Crippen LogP contribution in [0.3, 0.4) is 0 Å². The molecule has 1 fully saturated rings. The summed E-state index contributed by atoms with van der Waals surface area (Å²) in [5, 5.41) is 31.6. The molecular formula is C16H18ClN3O8S. The summed E-state index contributed by atoms with van der Waals surface area (Å²) in [4.78, 5) is 36.7. The molecule has 5 N–H and O–H groups in total. The Hall–Kier alpha value is -2.70. The molecule has 158 valence electrons. The van der Waals surface area contributed by atoms with Gasteiger partial charge in [-0.3, -0.25) is 9.59 Å². The summed E-state index contributed by atoms with van der Waals surface area (Å²) in [5.41, 5.74) is 1.74. The summed E-state index contributed by atoms with van der Waals surface area (Å²) in [5.74, 6) is -4.21. The lowest BCUT2D eigenvalue weighted by Crippen LogP contribution is -2.67. The molecule has 0 aromatic heterocycles. The van der Waals surface area contributed by atoms with Crippen LogP contribution in [0.4, 0.5) is 0 Å². The highest BCUT2D eigenvalue weighted by atomic mass is 35.5. The molecule has 0 radical (unpaired) electrons. The van der Waals surface area contributed by atoms with E-state index in [-0.39, 0.29) is 12.0 Å². The Labute approximate surface area is 172 Å². The predicted molar refractivity (Wildman–Crippen MR) is 102 cm³/mol. The van der Waals surface area contributed by atoms with Crippen LogP contribution >= 0.6 is 11.6 Å². The topological polar surface area (TPSA) is 177 Å². The van der Waals surface area contributed by atoms with Crippen molar-refractivity contribution in [3.63, 3.8) is 0 Å². The fraction of sp³-hybridized carbons (Fsp3) is 0.375. The number of aromatic hydroxyl groups is 2. The lowest BCUT2D eigenvalue weighted by molar-refractivity contribution is -0.161. The average Bonchev–Trinajstić information content (AvgIpc) is 2.63. The summed E-state index contributed by atoms with van der Waals surface area (Å²) in [6.07, 6.45) is 0.862. The first-order chi connectivity index (χ1) is 13.4. The SMILES string of the molecule is C[C@@H]1CC(=O)N1[C@@H](C(=O)O)[C@](C)(/C=N/NC(=O)c1ccc(O)c(O)c1Cl)S(=O)O. The van der Waals surface area contributed by atoms with Gasteiger partial charge in [0.1, 0.15) is 4.75 Å². The van der Waals surface area contributed by atoms with E-state index in [1.807, 2.05) is 5.43 Å². The first-order valence-electron chi connectivity index (χ1n) is 8.11. The van der Waals surface area contributed by atoms with E-state index in [0.29, 0.717) is 0 Å². The molecule has 0 spiro atoms. The molecule has 0 aliphatic carbocycles. The van der Waals surface area contributed by atoms with Crippen LogP contribution in [0.1, 0.15) is 30.6 Å². The van der Waals surface area contributed by atoms with E-state index < -0.39 is 62.2 Å². The molecule has 2 rings (SSSR count). The third-order valence-electron chi connectivity index (χ3n) is 4.49. The molecule has 1 aliphatic rings. The number of benzene rings is 1. The van der Waals surface area contributed by atoms with Gasteiger partial charge >= 0.3 is 5.97 Å². The summed E-state index contributed by atoms with van der Waals surface area (Å²) in [6.45, 7) is 2.70. The predicted octanol–water partition coefficient (Wildman–Crippen LogP) is 0.521. The van der Waals surface area contributed by atoms with Crippen molar-refractivity contribution in [2.24, 2.45) is 5.10 Å². The number of phenols is 2. The molecule has 11 nitrogen and oxygen atoms in total. The molecule has 0 bridgehead atoms. The van der Waals surface area contributed by atoms with Gasteiger partial charge in [0.25, 0.3) is 5.91 Å². The zero-order chi connectivity index (χ0) is 22.1. The molecule has 0 saturated carbocycles. The Balaban J connectivity index is 2.29. The molecule has 29 heavy (non-hydrogen) atoms. The smallest absolute Gasteiger partial charge is 0.328 e. The number of β-lactam (4-membered cyclic amide) rings is 1. The molecule has 4 atom stereocenters. The highest BCUT2D eigenvalue weighted by Gasteiger charge is 2.53. The van der Waals surface area contributed by atoms with E-state index in [1.54, 1.807) is 6.92 Å². The van der Waals surface area contributed by atoms with Crippen molar-refractivity contribution >= 4 is 46.7 Å². The van der Waals surface area contributed by atoms with Crippen LogP contribution < -0.4 is 5.43 Å². The number of carbonyl (C=O) groups is 3. The Kier molecular flexibility index (Phi) is 6.50. The number of carboxylic acid groups (broad SMARTS) is 1. The van der Waals surface area contributed by atoms with Gasteiger partial charge in [-0.15, -0.1) is 0 Å². The molecule has 1 aromatic rings. The Morgan fingerprint density at radius 2 is 2.07 bits per heavy atom. The summed E-state index contributed by atoms with van der Waals surface area (Å²) in [7, 11) is 0. The molecule has 1 saturated heterocycles. The van der Waals surface area contributed by atoms with Crippen molar-refractivity contribution in [3.05, 3.63) is 22.7 Å². The quantitative estimate of drug-likeness (QED) is 0.132. The van der Waals surface area contributed by atoms with Gasteiger partial charge in [-0.05, 0) is 26.0 Å². The number of rotatable bonds is 7. The number of hydrazone groups is 1. The fourth-order valence-corrected chi connectivity index (χ4v) is 3.64. The van der Waals surface area contributed by atoms with Crippen molar-refractivity contribution in [3.8, 4) is 11.5 Å². The maximum Gasteiger partial charge on any atom is 0.328 e. The second-order valence-corrected chi connectivity index (χ2v) is 8.28. The van der Waals surface area contributed by atoms with Crippen LogP contribution in [-0.2, 0) is 20.7 Å². The molecule has 1 aliphatic heterocycles. The number of carbonyl (C=O) groups excluding carboxylic acids is 2. The lowest BCUT2D eigenvalue weighted by Gasteiger charge is -2.46. The summed E-state index contributed by atoms with van der Waals surface area (Å²) < 4.78 is 19.6. The van der Waals surface area contributed by atoms with E-state index in [2.05, 4.69) is 5.10 Å². The minimum absolute atomic E-state index is 0.106. The molecule has 1 aromatic carbocycles. The van der Waals surface area contributed by atoms with Crippen LogP contribution in [0.15, 0.2) is 17.2 Å². The second-order valence-electron chi connectivity index (χ2n) is 6.52. The van der Waals surface area contributed by atoms with Gasteiger partial charge in [0.15, 0.2) is 28.6 Å². The van der Waals surface area contributed by atoms with Crippen LogP contribution in [0, 0.1) is 0 Å². The standard InChI is InChI=1S/C16H18ClN3O8S/c1-7-5-10(22)20(7)13(15(25)26)16(2,29(27)28)6-18-19-14(24)8-3-4-9(21)12(23)11(8)17/h3-4,6-7,13,21,23H,5H2,1-2H3,(H,19,24)(H,25,26)(H,27,28)/b18-6+/t7-,13+,16+/m1/s1. The molecule has 13 heteroatoms. The van der Waals surface area contributed by atoms with Crippen LogP contribution in [0.2, 0.25) is 5.02 Å². The highest BCUT2D eigenvalue weighted by Crippen LogP contribution is 2.35. The van der Waals surface area contributed by atoms with Gasteiger partial charge < -0.3 is 24.8 Å². The van der Waals surface area contributed by atoms with E-state index in [0.717, 1.165) is 30.2 Å². The van der Waals surface area contributed by atoms with Crippen LogP contribution in [0.5, 0.6) is 11.5 Å². The zero-order valence-electron chi connectivity index (χ0n) is 15.2. The van der Waals surface area contributed by atoms with Crippen molar-refractivity contribution in [2.75, 3.05) is 0 Å². The van der Waals surface area contributed by atoms with Gasteiger partial charge in [0.05, 0.1) is 10.6 Å². The van der Waals surface area contributed by atoms with Crippen LogP contribution in [0.25, 0.3) is 0 Å². The Morgan fingerprint density at radius 3 is 2.55 bits per heavy atom. The molecular weight excluding hydrogens is 430 g/mol. The van der Waals surface area contributed by atoms with Crippen molar-refractivity contribution in [1.29, 1.82) is 0 Å². The zero-order valence-corrected chi connectivity index (χ0v) is 16.8. The lowest BCUT2D eigenvalue weighted by atomic mass is 9.92. The maximum atomic E-state index is 12.2. The van der Waals surface area contributed by atoms with E-state index in [4.69, 9.17) is 11.6 Å². The number of halogens is 1. The van der Waals surface area contributed by atoms with Crippen molar-refractivity contribution < 1.29 is 38.5 Å². The summed E-state index contributed by atoms with van der Waals surface area (Å²) in [6, 6.07) is -0.0318. The maximum absolute atomic E-state index is 12.2. The number of likely N-dealkylation sites (tertiary alicyclic amines) is 1. The highest BCUT2D eigenvalue weighted by molar-refractivity contribution is 7.81. The molecule has 2 amide bonds. The van der Waals surface area contributed by atoms with Crippen molar-refractivity contribution in [2.45, 2.75) is 37.1 Å². The summed E-state index contributed by atoms with van der Waals surface area (Å²) >= 11 is 2.99. The number of phenolic OH excluding ortho intramolecular Hbond substituents is 2. The number of carboxylic acids is 1. The Bertz CT molecular complexity index is 924. The fourth-order valence-electron chi connectivity index (χ4n) is 2.85. The minimum Gasteiger partial charge on any atom is -0.504 e. The number of nitrogens with one attached hydrogen (secondary N) is 1. The third-order valence-corrected chi connectivity index (χ3v) is 5.95. The number of aliphatic carboxylic acids is 1. The van der Waals surface area contributed by atoms with Gasteiger partial charge in [0, 0.05) is 18.7 Å². The first-order valence-corrected chi connectivity index (χ1v) is 9.60. The van der Waals surface area contributed by atoms with Gasteiger partial charge in [-0.25, -0.2) is 14.4 Å². The average molecular weight is 448 g/mol. The second kappa shape index (κ2) is 8.35. The molecule has 1 heterocycles. The largest absolute Gasteiger partial charge is 0.504 e. The van der Waals surface area contributed by atoms with Gasteiger partial charge in [-0.2, -0.15) is 5.10 Å². The van der Waals surface area contributed by atoms with E-state index >= 15 is 0 Å². The van der Waals surface area contributed by atoms with Gasteiger partial charge in [0.2, 0.25) is 5.91 Å². The van der Waals surface area contributed by atoms with E-state index in [1.165, 1.54) is 0 Å². The Morgan fingerprint density at radius 1 is 1.45 bits per heavy atom. The third kappa shape index (κ3) is 4.18. The number of nitrogens with zero attached hydrogens (tertiary/aromatic N) is 2. The normalized spacial score (nSPS) is 20.6. The van der Waals surface area contributed by atoms with Crippen molar-refractivity contribution in [1.82, 2.24) is 10.3 Å². The van der Waals surface area contributed by atoms with E-state index in [9.17, 15) is 38.5 Å². The number of hydrogen-bond acceptors (Lipinski definition) is 7. The number of amides is 2. The number of hydrogen-bond donors (Lipinski definition) is 5.